The number of benzene rings is 1. The van der Waals surface area contributed by atoms with Gasteiger partial charge >= 0.3 is 0 Å². The van der Waals surface area contributed by atoms with Gasteiger partial charge in [0.1, 0.15) is 11.6 Å². The summed E-state index contributed by atoms with van der Waals surface area (Å²) in [6.07, 6.45) is 0.652. The molecule has 0 N–H and O–H groups in total. The number of amides is 1. The van der Waals surface area contributed by atoms with Crippen molar-refractivity contribution in [3.05, 3.63) is 34.1 Å². The van der Waals surface area contributed by atoms with Crippen molar-refractivity contribution in [2.75, 3.05) is 6.54 Å². The number of halogens is 2. The minimum Gasteiger partial charge on any atom is -0.333 e. The van der Waals surface area contributed by atoms with Gasteiger partial charge in [-0.2, -0.15) is 0 Å². The smallest absolute Gasteiger partial charge is 0.257 e. The van der Waals surface area contributed by atoms with E-state index in [1.165, 1.54) is 12.1 Å². The van der Waals surface area contributed by atoms with Gasteiger partial charge in [-0.05, 0) is 32.0 Å². The molecule has 0 aliphatic carbocycles. The third kappa shape index (κ3) is 2.86. The summed E-state index contributed by atoms with van der Waals surface area (Å²) >= 11 is 3.24. The van der Waals surface area contributed by atoms with Crippen molar-refractivity contribution in [2.45, 2.75) is 32.2 Å². The highest BCUT2D eigenvalue weighted by atomic mass is 79.9. The number of piperidine rings is 1. The highest BCUT2D eigenvalue weighted by Crippen LogP contribution is 2.28. The molecule has 1 fully saturated rings. The van der Waals surface area contributed by atoms with Crippen molar-refractivity contribution in [3.63, 3.8) is 0 Å². The van der Waals surface area contributed by atoms with Gasteiger partial charge in [-0.15, -0.1) is 0 Å². The van der Waals surface area contributed by atoms with Crippen LogP contribution in [0.2, 0.25) is 0 Å². The lowest BCUT2D eigenvalue weighted by Crippen LogP contribution is -2.53. The first-order valence-electron chi connectivity index (χ1n) is 6.10. The molecule has 3 nitrogen and oxygen atoms in total. The molecular formula is C14H15BrFNO2. The first-order chi connectivity index (χ1) is 8.81. The second kappa shape index (κ2) is 5.04. The zero-order valence-corrected chi connectivity index (χ0v) is 12.5. The fourth-order valence-electron chi connectivity index (χ4n) is 2.39. The standard InChI is InChI=1S/C14H15BrFNO2/c1-14(2)8-10(18)5-6-17(14)13(19)11-7-9(15)3-4-12(11)16/h3-4,7H,5-6,8H2,1-2H3. The Hall–Kier alpha value is -1.23. The van der Waals surface area contributed by atoms with Crippen LogP contribution in [-0.4, -0.2) is 28.7 Å². The van der Waals surface area contributed by atoms with Gasteiger partial charge in [0.25, 0.3) is 5.91 Å². The van der Waals surface area contributed by atoms with E-state index in [1.807, 2.05) is 13.8 Å². The van der Waals surface area contributed by atoms with Crippen LogP contribution in [0.5, 0.6) is 0 Å². The van der Waals surface area contributed by atoms with E-state index in [2.05, 4.69) is 15.9 Å². The SMILES string of the molecule is CC1(C)CC(=O)CCN1C(=O)c1cc(Br)ccc1F. The van der Waals surface area contributed by atoms with Crippen LogP contribution in [0.3, 0.4) is 0 Å². The van der Waals surface area contributed by atoms with Crippen LogP contribution < -0.4 is 0 Å². The topological polar surface area (TPSA) is 37.4 Å². The summed E-state index contributed by atoms with van der Waals surface area (Å²) in [7, 11) is 0. The Morgan fingerprint density at radius 2 is 2.11 bits per heavy atom. The molecule has 1 heterocycles. The van der Waals surface area contributed by atoms with Gasteiger partial charge in [0.2, 0.25) is 0 Å². The lowest BCUT2D eigenvalue weighted by Gasteiger charge is -2.41. The second-order valence-corrected chi connectivity index (χ2v) is 6.27. The molecule has 0 bridgehead atoms. The second-order valence-electron chi connectivity index (χ2n) is 5.36. The van der Waals surface area contributed by atoms with Crippen LogP contribution in [0.1, 0.15) is 37.0 Å². The first kappa shape index (κ1) is 14.2. The van der Waals surface area contributed by atoms with Crippen LogP contribution in [0.4, 0.5) is 4.39 Å². The largest absolute Gasteiger partial charge is 0.333 e. The van der Waals surface area contributed by atoms with Crippen molar-refractivity contribution in [3.8, 4) is 0 Å². The molecule has 19 heavy (non-hydrogen) atoms. The maximum absolute atomic E-state index is 13.8. The van der Waals surface area contributed by atoms with Crippen molar-refractivity contribution < 1.29 is 14.0 Å². The normalized spacial score (nSPS) is 18.5. The lowest BCUT2D eigenvalue weighted by molar-refractivity contribution is -0.124. The van der Waals surface area contributed by atoms with Gasteiger partial charge < -0.3 is 4.90 Å². The minimum absolute atomic E-state index is 0.0387. The third-order valence-electron chi connectivity index (χ3n) is 3.38. The molecule has 1 saturated heterocycles. The number of hydrogen-bond acceptors (Lipinski definition) is 2. The Bertz CT molecular complexity index is 542. The number of ketones is 1. The predicted molar refractivity (Wildman–Crippen MR) is 73.5 cm³/mol. The third-order valence-corrected chi connectivity index (χ3v) is 3.87. The van der Waals surface area contributed by atoms with Crippen molar-refractivity contribution in [2.24, 2.45) is 0 Å². The van der Waals surface area contributed by atoms with Crippen molar-refractivity contribution >= 4 is 27.6 Å². The number of likely N-dealkylation sites (tertiary alicyclic amines) is 1. The van der Waals surface area contributed by atoms with Crippen molar-refractivity contribution in [1.82, 2.24) is 4.90 Å². The zero-order valence-electron chi connectivity index (χ0n) is 10.9. The summed E-state index contributed by atoms with van der Waals surface area (Å²) in [5.41, 5.74) is -0.530. The Balaban J connectivity index is 2.33. The van der Waals surface area contributed by atoms with E-state index in [-0.39, 0.29) is 17.3 Å². The van der Waals surface area contributed by atoms with Gasteiger partial charge in [-0.25, -0.2) is 4.39 Å². The molecule has 1 aromatic carbocycles. The summed E-state index contributed by atoms with van der Waals surface area (Å²) in [5, 5.41) is 0. The van der Waals surface area contributed by atoms with Gasteiger partial charge in [0.05, 0.1) is 5.56 Å². The Kier molecular flexibility index (Phi) is 3.76. The molecule has 0 spiro atoms. The molecule has 0 unspecified atom stereocenters. The van der Waals surface area contributed by atoms with Gasteiger partial charge in [0.15, 0.2) is 0 Å². The van der Waals surface area contributed by atoms with E-state index < -0.39 is 11.4 Å². The van der Waals surface area contributed by atoms with E-state index in [4.69, 9.17) is 0 Å². The van der Waals surface area contributed by atoms with Gasteiger partial charge in [0, 0.05) is 29.4 Å². The molecule has 102 valence electrons. The number of rotatable bonds is 1. The van der Waals surface area contributed by atoms with Crippen LogP contribution in [0, 0.1) is 5.82 Å². The van der Waals surface area contributed by atoms with Crippen LogP contribution >= 0.6 is 15.9 Å². The first-order valence-corrected chi connectivity index (χ1v) is 6.89. The Labute approximate surface area is 119 Å². The average Bonchev–Trinajstić information content (AvgIpc) is 2.30. The maximum atomic E-state index is 13.8. The maximum Gasteiger partial charge on any atom is 0.257 e. The quantitative estimate of drug-likeness (QED) is 0.794. The number of nitrogens with zero attached hydrogens (tertiary/aromatic N) is 1. The molecule has 0 atom stereocenters. The van der Waals surface area contributed by atoms with E-state index >= 15 is 0 Å². The Morgan fingerprint density at radius 3 is 2.74 bits per heavy atom. The van der Waals surface area contributed by atoms with E-state index in [0.29, 0.717) is 23.9 Å². The molecule has 5 heteroatoms. The monoisotopic (exact) mass is 327 g/mol. The fourth-order valence-corrected chi connectivity index (χ4v) is 2.75. The van der Waals surface area contributed by atoms with E-state index in [9.17, 15) is 14.0 Å². The summed E-state index contributed by atoms with van der Waals surface area (Å²) in [6, 6.07) is 4.29. The molecular weight excluding hydrogens is 313 g/mol. The Morgan fingerprint density at radius 1 is 1.42 bits per heavy atom. The van der Waals surface area contributed by atoms with E-state index in [1.54, 1.807) is 11.0 Å². The molecule has 1 amide bonds. The number of carbonyl (C=O) groups is 2. The van der Waals surface area contributed by atoms with Crippen LogP contribution in [0.15, 0.2) is 22.7 Å². The van der Waals surface area contributed by atoms with Crippen LogP contribution in [0.25, 0.3) is 0 Å². The van der Waals surface area contributed by atoms with Crippen LogP contribution in [-0.2, 0) is 4.79 Å². The number of hydrogen-bond donors (Lipinski definition) is 0. The molecule has 0 radical (unpaired) electrons. The summed E-state index contributed by atoms with van der Waals surface area (Å²) < 4.78 is 14.4. The zero-order chi connectivity index (χ0) is 14.2. The number of carbonyl (C=O) groups excluding carboxylic acids is 2. The molecule has 1 aromatic rings. The van der Waals surface area contributed by atoms with Crippen molar-refractivity contribution in [1.29, 1.82) is 0 Å². The van der Waals surface area contributed by atoms with E-state index in [0.717, 1.165) is 0 Å². The average molecular weight is 328 g/mol. The molecule has 1 aliphatic rings. The molecule has 2 rings (SSSR count). The highest BCUT2D eigenvalue weighted by Gasteiger charge is 2.37. The summed E-state index contributed by atoms with van der Waals surface area (Å²) in [5.74, 6) is -0.763. The molecule has 0 saturated carbocycles. The highest BCUT2D eigenvalue weighted by molar-refractivity contribution is 9.10. The summed E-state index contributed by atoms with van der Waals surface area (Å²) in [4.78, 5) is 25.5. The molecule has 1 aliphatic heterocycles. The minimum atomic E-state index is -0.568. The van der Waals surface area contributed by atoms with Gasteiger partial charge in [-0.3, -0.25) is 9.59 Å². The molecule has 0 aromatic heterocycles. The summed E-state index contributed by atoms with van der Waals surface area (Å²) in [6.45, 7) is 4.01. The van der Waals surface area contributed by atoms with Gasteiger partial charge in [-0.1, -0.05) is 15.9 Å². The fraction of sp³-hybridized carbons (Fsp3) is 0.429. The predicted octanol–water partition coefficient (Wildman–Crippen LogP) is 3.17. The number of Topliss-reactive ketones (excluding diaryl/α,β-unsaturated/α-hetero) is 1. The lowest BCUT2D eigenvalue weighted by atomic mass is 9.89.